The van der Waals surface area contributed by atoms with E-state index < -0.39 is 5.97 Å². The smallest absolute Gasteiger partial charge is 0.323 e. The van der Waals surface area contributed by atoms with Crippen LogP contribution < -0.4 is 10.2 Å². The van der Waals surface area contributed by atoms with Gasteiger partial charge in [0.1, 0.15) is 6.54 Å². The van der Waals surface area contributed by atoms with Gasteiger partial charge < -0.3 is 10.4 Å². The number of hydrogen-bond acceptors (Lipinski definition) is 3. The fraction of sp³-hybridized carbons (Fsp3) is 0.385. The first-order valence-corrected chi connectivity index (χ1v) is 6.48. The lowest BCUT2D eigenvalue weighted by molar-refractivity contribution is -0.136. The van der Waals surface area contributed by atoms with Crippen LogP contribution in [0.2, 0.25) is 5.02 Å². The van der Waals surface area contributed by atoms with E-state index in [4.69, 9.17) is 16.7 Å². The number of hydrogen-bond donors (Lipinski definition) is 2. The molecule has 0 saturated carbocycles. The first kappa shape index (κ1) is 13.8. The minimum absolute atomic E-state index is 0.206. The molecule has 1 saturated heterocycles. The minimum Gasteiger partial charge on any atom is -0.480 e. The normalized spacial score (nSPS) is 18.3. The molecule has 0 aromatic heterocycles. The van der Waals surface area contributed by atoms with Crippen LogP contribution in [0.15, 0.2) is 24.3 Å². The summed E-state index contributed by atoms with van der Waals surface area (Å²) in [6.45, 7) is 0.441. The van der Waals surface area contributed by atoms with Gasteiger partial charge in [0.25, 0.3) is 0 Å². The van der Waals surface area contributed by atoms with Crippen LogP contribution in [0.4, 0.5) is 5.69 Å². The fourth-order valence-corrected chi connectivity index (χ4v) is 2.26. The average molecular weight is 283 g/mol. The van der Waals surface area contributed by atoms with E-state index in [1.165, 1.54) is 4.90 Å². The Bertz CT molecular complexity index is 469. The second-order valence-electron chi connectivity index (χ2n) is 4.44. The fourth-order valence-electron chi connectivity index (χ4n) is 2.14. The highest BCUT2D eigenvalue weighted by Gasteiger charge is 2.28. The number of carbonyl (C=O) groups excluding carboxylic acids is 1. The SMILES string of the molecule is O=C(O)CN(C(=O)[C@H]1CCCN1)c1ccc(Cl)cc1. The number of nitrogens with zero attached hydrogens (tertiary/aromatic N) is 1. The van der Waals surface area contributed by atoms with Gasteiger partial charge in [-0.05, 0) is 43.7 Å². The van der Waals surface area contributed by atoms with Gasteiger partial charge >= 0.3 is 5.97 Å². The molecule has 0 spiro atoms. The number of anilines is 1. The van der Waals surface area contributed by atoms with Crippen molar-refractivity contribution in [2.45, 2.75) is 18.9 Å². The number of rotatable bonds is 4. The third kappa shape index (κ3) is 3.45. The summed E-state index contributed by atoms with van der Waals surface area (Å²) in [7, 11) is 0. The first-order valence-electron chi connectivity index (χ1n) is 6.10. The van der Waals surface area contributed by atoms with E-state index in [9.17, 15) is 9.59 Å². The molecule has 1 atom stereocenters. The van der Waals surface area contributed by atoms with Crippen molar-refractivity contribution >= 4 is 29.2 Å². The highest BCUT2D eigenvalue weighted by molar-refractivity contribution is 6.30. The van der Waals surface area contributed by atoms with Crippen LogP contribution in [0.5, 0.6) is 0 Å². The number of carbonyl (C=O) groups is 2. The Labute approximate surface area is 116 Å². The Morgan fingerprint density at radius 3 is 2.58 bits per heavy atom. The average Bonchev–Trinajstić information content (AvgIpc) is 2.90. The van der Waals surface area contributed by atoms with Gasteiger partial charge in [0, 0.05) is 10.7 Å². The Balaban J connectivity index is 2.21. The monoisotopic (exact) mass is 282 g/mol. The minimum atomic E-state index is -1.04. The molecule has 1 heterocycles. The summed E-state index contributed by atoms with van der Waals surface area (Å²) < 4.78 is 0. The van der Waals surface area contributed by atoms with E-state index in [-0.39, 0.29) is 18.5 Å². The van der Waals surface area contributed by atoms with Crippen LogP contribution in [0, 0.1) is 0 Å². The van der Waals surface area contributed by atoms with Crippen molar-refractivity contribution in [2.24, 2.45) is 0 Å². The lowest BCUT2D eigenvalue weighted by atomic mass is 10.2. The largest absolute Gasteiger partial charge is 0.480 e. The van der Waals surface area contributed by atoms with Gasteiger partial charge in [-0.2, -0.15) is 0 Å². The van der Waals surface area contributed by atoms with Crippen molar-refractivity contribution in [3.05, 3.63) is 29.3 Å². The Kier molecular flexibility index (Phi) is 4.39. The maximum atomic E-state index is 12.3. The van der Waals surface area contributed by atoms with Crippen molar-refractivity contribution in [3.8, 4) is 0 Å². The summed E-state index contributed by atoms with van der Waals surface area (Å²) in [5.41, 5.74) is 0.547. The summed E-state index contributed by atoms with van der Waals surface area (Å²) in [6, 6.07) is 6.29. The van der Waals surface area contributed by atoms with Gasteiger partial charge in [-0.15, -0.1) is 0 Å². The molecule has 1 aliphatic rings. The molecular weight excluding hydrogens is 268 g/mol. The van der Waals surface area contributed by atoms with Crippen molar-refractivity contribution in [1.29, 1.82) is 0 Å². The highest BCUT2D eigenvalue weighted by atomic mass is 35.5. The van der Waals surface area contributed by atoms with Gasteiger partial charge in [-0.1, -0.05) is 11.6 Å². The van der Waals surface area contributed by atoms with Gasteiger partial charge in [-0.3, -0.25) is 14.5 Å². The third-order valence-corrected chi connectivity index (χ3v) is 3.31. The maximum Gasteiger partial charge on any atom is 0.323 e. The number of amides is 1. The molecule has 0 unspecified atom stereocenters. The molecule has 0 aliphatic carbocycles. The van der Waals surface area contributed by atoms with Crippen LogP contribution in [-0.2, 0) is 9.59 Å². The highest BCUT2D eigenvalue weighted by Crippen LogP contribution is 2.20. The lowest BCUT2D eigenvalue weighted by Gasteiger charge is -2.24. The molecule has 102 valence electrons. The molecule has 6 heteroatoms. The third-order valence-electron chi connectivity index (χ3n) is 3.06. The number of halogens is 1. The number of aliphatic carboxylic acids is 1. The molecule has 5 nitrogen and oxygen atoms in total. The molecule has 2 rings (SSSR count). The molecule has 1 aliphatic heterocycles. The number of benzene rings is 1. The summed E-state index contributed by atoms with van der Waals surface area (Å²) in [5, 5.41) is 12.6. The predicted molar refractivity (Wildman–Crippen MR) is 72.5 cm³/mol. The van der Waals surface area contributed by atoms with Gasteiger partial charge in [0.05, 0.1) is 6.04 Å². The number of nitrogens with one attached hydrogen (secondary N) is 1. The first-order chi connectivity index (χ1) is 9.08. The molecule has 0 bridgehead atoms. The maximum absolute atomic E-state index is 12.3. The van der Waals surface area contributed by atoms with E-state index in [2.05, 4.69) is 5.32 Å². The molecular formula is C13H15ClN2O3. The zero-order chi connectivity index (χ0) is 13.8. The van der Waals surface area contributed by atoms with E-state index in [1.807, 2.05) is 0 Å². The van der Waals surface area contributed by atoms with Crippen molar-refractivity contribution < 1.29 is 14.7 Å². The molecule has 0 radical (unpaired) electrons. The van der Waals surface area contributed by atoms with Gasteiger partial charge in [0.2, 0.25) is 5.91 Å². The summed E-state index contributed by atoms with van der Waals surface area (Å²) in [5.74, 6) is -1.25. The number of carboxylic acid groups (broad SMARTS) is 1. The van der Waals surface area contributed by atoms with Gasteiger partial charge in [-0.25, -0.2) is 0 Å². The quantitative estimate of drug-likeness (QED) is 0.878. The van der Waals surface area contributed by atoms with Crippen LogP contribution in [-0.4, -0.2) is 36.1 Å². The molecule has 19 heavy (non-hydrogen) atoms. The van der Waals surface area contributed by atoms with Crippen molar-refractivity contribution in [1.82, 2.24) is 5.32 Å². The second-order valence-corrected chi connectivity index (χ2v) is 4.88. The molecule has 2 N–H and O–H groups in total. The van der Waals surface area contributed by atoms with E-state index in [1.54, 1.807) is 24.3 Å². The molecule has 1 fully saturated rings. The molecule has 1 aromatic carbocycles. The van der Waals surface area contributed by atoms with Crippen molar-refractivity contribution in [3.63, 3.8) is 0 Å². The van der Waals surface area contributed by atoms with Crippen LogP contribution in [0.1, 0.15) is 12.8 Å². The zero-order valence-corrected chi connectivity index (χ0v) is 11.1. The topological polar surface area (TPSA) is 69.6 Å². The summed E-state index contributed by atoms with van der Waals surface area (Å²) in [6.07, 6.45) is 1.67. The van der Waals surface area contributed by atoms with Gasteiger partial charge in [0.15, 0.2) is 0 Å². The predicted octanol–water partition coefficient (Wildman–Crippen LogP) is 1.51. The number of carboxylic acids is 1. The zero-order valence-electron chi connectivity index (χ0n) is 10.3. The van der Waals surface area contributed by atoms with Crippen LogP contribution >= 0.6 is 11.6 Å². The van der Waals surface area contributed by atoms with Crippen molar-refractivity contribution in [2.75, 3.05) is 18.0 Å². The standard InChI is InChI=1S/C13H15ClN2O3/c14-9-3-5-10(6-4-9)16(8-12(17)18)13(19)11-2-1-7-15-11/h3-6,11,15H,1-2,7-8H2,(H,17,18)/t11-/m1/s1. The lowest BCUT2D eigenvalue weighted by Crippen LogP contribution is -2.46. The Hall–Kier alpha value is -1.59. The Morgan fingerprint density at radius 1 is 1.37 bits per heavy atom. The van der Waals surface area contributed by atoms with E-state index >= 15 is 0 Å². The molecule has 1 amide bonds. The van der Waals surface area contributed by atoms with E-state index in [0.717, 1.165) is 19.4 Å². The second kappa shape index (κ2) is 6.04. The summed E-state index contributed by atoms with van der Waals surface area (Å²) >= 11 is 5.80. The summed E-state index contributed by atoms with van der Waals surface area (Å²) in [4.78, 5) is 24.5. The van der Waals surface area contributed by atoms with E-state index in [0.29, 0.717) is 10.7 Å². The van der Waals surface area contributed by atoms with Crippen LogP contribution in [0.3, 0.4) is 0 Å². The molecule has 1 aromatic rings. The van der Waals surface area contributed by atoms with Crippen LogP contribution in [0.25, 0.3) is 0 Å². The Morgan fingerprint density at radius 2 is 2.05 bits per heavy atom.